The zero-order valence-electron chi connectivity index (χ0n) is 16.8. The number of fused-ring (bicyclic) bond motifs is 1. The standard InChI is InChI=1S/C27H30/c1-26(2,25-19-18-22-14-10-11-17-24(22)25)27(3,23-15-8-5-9-16-23)20-21-12-6-4-7-13-21/h4-17,25H,18-20H2,1-3H3. The van der Waals surface area contributed by atoms with E-state index in [1.807, 2.05) is 0 Å². The van der Waals surface area contributed by atoms with Crippen molar-refractivity contribution in [3.05, 3.63) is 107 Å². The SMILES string of the molecule is CC(Cc1ccccc1)(c1ccccc1)C(C)(C)C1CCc2ccccc21. The molecular weight excluding hydrogens is 324 g/mol. The monoisotopic (exact) mass is 354 g/mol. The Morgan fingerprint density at radius 2 is 1.33 bits per heavy atom. The van der Waals surface area contributed by atoms with Gasteiger partial charge in [0.1, 0.15) is 0 Å². The third kappa shape index (κ3) is 3.12. The van der Waals surface area contributed by atoms with Crippen molar-refractivity contribution in [1.29, 1.82) is 0 Å². The molecule has 0 saturated heterocycles. The van der Waals surface area contributed by atoms with Crippen LogP contribution in [-0.4, -0.2) is 0 Å². The van der Waals surface area contributed by atoms with Gasteiger partial charge >= 0.3 is 0 Å². The van der Waals surface area contributed by atoms with Crippen LogP contribution in [0.3, 0.4) is 0 Å². The number of hydrogen-bond acceptors (Lipinski definition) is 0. The second-order valence-corrected chi connectivity index (χ2v) is 8.87. The Morgan fingerprint density at radius 3 is 2.04 bits per heavy atom. The van der Waals surface area contributed by atoms with Crippen molar-refractivity contribution in [2.24, 2.45) is 5.41 Å². The van der Waals surface area contributed by atoms with Gasteiger partial charge in [-0.1, -0.05) is 106 Å². The van der Waals surface area contributed by atoms with Crippen LogP contribution in [-0.2, 0) is 18.3 Å². The Bertz CT molecular complexity index is 892. The summed E-state index contributed by atoms with van der Waals surface area (Å²) in [5.74, 6) is 0.586. The fourth-order valence-electron chi connectivity index (χ4n) is 5.20. The van der Waals surface area contributed by atoms with Gasteiger partial charge in [-0.25, -0.2) is 0 Å². The molecule has 0 N–H and O–H groups in total. The van der Waals surface area contributed by atoms with Crippen molar-refractivity contribution in [2.75, 3.05) is 0 Å². The summed E-state index contributed by atoms with van der Waals surface area (Å²) >= 11 is 0. The van der Waals surface area contributed by atoms with Crippen LogP contribution in [0.2, 0.25) is 0 Å². The van der Waals surface area contributed by atoms with E-state index in [9.17, 15) is 0 Å². The first kappa shape index (κ1) is 18.0. The Kier molecular flexibility index (Phi) is 4.68. The second-order valence-electron chi connectivity index (χ2n) is 8.87. The van der Waals surface area contributed by atoms with Crippen LogP contribution < -0.4 is 0 Å². The van der Waals surface area contributed by atoms with E-state index in [1.54, 1.807) is 11.1 Å². The first-order valence-corrected chi connectivity index (χ1v) is 10.2. The van der Waals surface area contributed by atoms with Crippen LogP contribution in [0, 0.1) is 5.41 Å². The molecule has 0 saturated carbocycles. The summed E-state index contributed by atoms with van der Waals surface area (Å²) in [6.07, 6.45) is 3.52. The van der Waals surface area contributed by atoms with Gasteiger partial charge in [0.2, 0.25) is 0 Å². The molecule has 4 rings (SSSR count). The Balaban J connectivity index is 1.81. The van der Waals surface area contributed by atoms with E-state index >= 15 is 0 Å². The lowest BCUT2D eigenvalue weighted by atomic mass is 9.54. The smallest absolute Gasteiger partial charge is 0.00220 e. The second kappa shape index (κ2) is 7.00. The van der Waals surface area contributed by atoms with Gasteiger partial charge in [0.15, 0.2) is 0 Å². The molecule has 0 fully saturated rings. The van der Waals surface area contributed by atoms with Crippen molar-refractivity contribution < 1.29 is 0 Å². The Morgan fingerprint density at radius 1 is 0.741 bits per heavy atom. The lowest BCUT2D eigenvalue weighted by molar-refractivity contribution is 0.132. The van der Waals surface area contributed by atoms with E-state index in [0.717, 1.165) is 6.42 Å². The maximum atomic E-state index is 2.50. The van der Waals surface area contributed by atoms with Gasteiger partial charge in [-0.2, -0.15) is 0 Å². The molecule has 27 heavy (non-hydrogen) atoms. The molecule has 0 heterocycles. The zero-order valence-corrected chi connectivity index (χ0v) is 16.8. The molecular formula is C27H30. The van der Waals surface area contributed by atoms with E-state index in [-0.39, 0.29) is 10.8 Å². The Labute approximate surface area is 164 Å². The molecule has 0 bridgehead atoms. The molecule has 2 atom stereocenters. The van der Waals surface area contributed by atoms with E-state index < -0.39 is 0 Å². The molecule has 0 heteroatoms. The molecule has 0 aromatic heterocycles. The van der Waals surface area contributed by atoms with Gasteiger partial charge in [0.05, 0.1) is 0 Å². The molecule has 0 nitrogen and oxygen atoms in total. The van der Waals surface area contributed by atoms with Crippen molar-refractivity contribution in [1.82, 2.24) is 0 Å². The van der Waals surface area contributed by atoms with Crippen LogP contribution in [0.25, 0.3) is 0 Å². The lowest BCUT2D eigenvalue weighted by Crippen LogP contribution is -2.44. The molecule has 138 valence electrons. The third-order valence-electron chi connectivity index (χ3n) is 7.24. The maximum Gasteiger partial charge on any atom is 0.00220 e. The van der Waals surface area contributed by atoms with Crippen LogP contribution in [0.5, 0.6) is 0 Å². The number of rotatable bonds is 5. The van der Waals surface area contributed by atoms with E-state index in [4.69, 9.17) is 0 Å². The summed E-state index contributed by atoms with van der Waals surface area (Å²) in [6, 6.07) is 31.2. The fourth-order valence-corrected chi connectivity index (χ4v) is 5.20. The van der Waals surface area contributed by atoms with Gasteiger partial charge in [0.25, 0.3) is 0 Å². The van der Waals surface area contributed by atoms with Crippen LogP contribution >= 0.6 is 0 Å². The molecule has 1 aliphatic rings. The largest absolute Gasteiger partial charge is 0.0622 e. The van der Waals surface area contributed by atoms with Gasteiger partial charge in [-0.15, -0.1) is 0 Å². The molecule has 1 aliphatic carbocycles. The molecule has 0 amide bonds. The minimum atomic E-state index is 0.0533. The number of benzene rings is 3. The topological polar surface area (TPSA) is 0 Å². The zero-order chi connectivity index (χ0) is 18.9. The van der Waals surface area contributed by atoms with E-state index in [0.29, 0.717) is 5.92 Å². The van der Waals surface area contributed by atoms with E-state index in [1.165, 1.54) is 24.0 Å². The molecule has 0 aliphatic heterocycles. The first-order valence-electron chi connectivity index (χ1n) is 10.2. The van der Waals surface area contributed by atoms with Gasteiger partial charge in [-0.05, 0) is 52.8 Å². The summed E-state index contributed by atoms with van der Waals surface area (Å²) in [4.78, 5) is 0. The number of aryl methyl sites for hydroxylation is 1. The lowest BCUT2D eigenvalue weighted by Gasteiger charge is -2.49. The van der Waals surface area contributed by atoms with Crippen molar-refractivity contribution in [2.45, 2.75) is 51.4 Å². The minimum Gasteiger partial charge on any atom is -0.0622 e. The summed E-state index contributed by atoms with van der Waals surface area (Å²) in [7, 11) is 0. The van der Waals surface area contributed by atoms with Crippen molar-refractivity contribution in [3.8, 4) is 0 Å². The van der Waals surface area contributed by atoms with Crippen molar-refractivity contribution in [3.63, 3.8) is 0 Å². The molecule has 2 unspecified atom stereocenters. The molecule has 3 aromatic rings. The predicted octanol–water partition coefficient (Wildman–Crippen LogP) is 6.94. The highest BCUT2D eigenvalue weighted by Crippen LogP contribution is 2.56. The quantitative estimate of drug-likeness (QED) is 0.465. The summed E-state index contributed by atoms with van der Waals surface area (Å²) in [5.41, 5.74) is 6.17. The normalized spacial score (nSPS) is 18.7. The minimum absolute atomic E-state index is 0.0533. The number of hydrogen-bond donors (Lipinski definition) is 0. The highest BCUT2D eigenvalue weighted by Gasteiger charge is 2.49. The molecule has 0 spiro atoms. The van der Waals surface area contributed by atoms with Gasteiger partial charge in [-0.3, -0.25) is 0 Å². The van der Waals surface area contributed by atoms with Crippen LogP contribution in [0.1, 0.15) is 55.4 Å². The highest BCUT2D eigenvalue weighted by atomic mass is 14.5. The average molecular weight is 355 g/mol. The van der Waals surface area contributed by atoms with E-state index in [2.05, 4.69) is 106 Å². The maximum absolute atomic E-state index is 2.50. The summed E-state index contributed by atoms with van der Waals surface area (Å²) in [6.45, 7) is 7.47. The highest BCUT2D eigenvalue weighted by molar-refractivity contribution is 5.40. The summed E-state index contributed by atoms with van der Waals surface area (Å²) < 4.78 is 0. The summed E-state index contributed by atoms with van der Waals surface area (Å²) in [5, 5.41) is 0. The molecule has 0 radical (unpaired) electrons. The fraction of sp³-hybridized carbons (Fsp3) is 0.333. The predicted molar refractivity (Wildman–Crippen MR) is 115 cm³/mol. The van der Waals surface area contributed by atoms with Gasteiger partial charge in [0, 0.05) is 5.41 Å². The van der Waals surface area contributed by atoms with Gasteiger partial charge < -0.3 is 0 Å². The Hall–Kier alpha value is -2.34. The van der Waals surface area contributed by atoms with Crippen LogP contribution in [0.15, 0.2) is 84.9 Å². The first-order chi connectivity index (χ1) is 13.0. The molecule has 3 aromatic carbocycles. The van der Waals surface area contributed by atoms with Crippen molar-refractivity contribution >= 4 is 0 Å². The van der Waals surface area contributed by atoms with Crippen LogP contribution in [0.4, 0.5) is 0 Å². The third-order valence-corrected chi connectivity index (χ3v) is 7.24. The average Bonchev–Trinajstić information content (AvgIpc) is 3.14.